The molecule has 82 valence electrons. The molecule has 1 heteroatoms. The van der Waals surface area contributed by atoms with E-state index in [1.54, 1.807) is 0 Å². The van der Waals surface area contributed by atoms with E-state index in [-0.39, 0.29) is 0 Å². The van der Waals surface area contributed by atoms with E-state index in [4.69, 9.17) is 4.99 Å². The first-order valence-electron chi connectivity index (χ1n) is 6.24. The quantitative estimate of drug-likeness (QED) is 0.640. The molecule has 0 fully saturated rings. The van der Waals surface area contributed by atoms with Crippen molar-refractivity contribution in [1.82, 2.24) is 0 Å². The minimum Gasteiger partial charge on any atom is -0.265 e. The van der Waals surface area contributed by atoms with Gasteiger partial charge in [-0.25, -0.2) is 0 Å². The summed E-state index contributed by atoms with van der Waals surface area (Å²) in [6, 6.07) is 0. The Morgan fingerprint density at radius 2 is 2.33 bits per heavy atom. The van der Waals surface area contributed by atoms with Gasteiger partial charge in [0.25, 0.3) is 0 Å². The Morgan fingerprint density at radius 1 is 1.47 bits per heavy atom. The Balaban J connectivity index is 2.08. The lowest BCUT2D eigenvalue weighted by Crippen LogP contribution is -2.00. The average Bonchev–Trinajstić information content (AvgIpc) is 2.42. The molecule has 2 unspecified atom stereocenters. The fraction of sp³-hybridized carbons (Fsp3) is 0.643. The normalized spacial score (nSPS) is 30.3. The molecular formula is C14H21N. The summed E-state index contributed by atoms with van der Waals surface area (Å²) in [7, 11) is 0. The van der Waals surface area contributed by atoms with Gasteiger partial charge in [0.1, 0.15) is 0 Å². The highest BCUT2D eigenvalue weighted by molar-refractivity contribution is 5.63. The van der Waals surface area contributed by atoms with Gasteiger partial charge in [-0.15, -0.1) is 0 Å². The van der Waals surface area contributed by atoms with Gasteiger partial charge in [-0.1, -0.05) is 32.4 Å². The molecule has 1 aliphatic carbocycles. The molecule has 0 spiro atoms. The fourth-order valence-electron chi connectivity index (χ4n) is 2.44. The number of aliphatic imine (C=N–C) groups is 1. The predicted octanol–water partition coefficient (Wildman–Crippen LogP) is 4.12. The molecule has 0 saturated carbocycles. The van der Waals surface area contributed by atoms with Gasteiger partial charge in [0.2, 0.25) is 0 Å². The molecule has 15 heavy (non-hydrogen) atoms. The predicted molar refractivity (Wildman–Crippen MR) is 66.1 cm³/mol. The molecule has 0 radical (unpaired) electrons. The number of allylic oxidation sites excluding steroid dienone is 4. The van der Waals surface area contributed by atoms with Gasteiger partial charge in [-0.2, -0.15) is 0 Å². The Kier molecular flexibility index (Phi) is 3.40. The summed E-state index contributed by atoms with van der Waals surface area (Å²) in [6.45, 7) is 4.53. The fourth-order valence-corrected chi connectivity index (χ4v) is 2.44. The topological polar surface area (TPSA) is 12.4 Å². The maximum absolute atomic E-state index is 4.70. The van der Waals surface area contributed by atoms with Crippen LogP contribution in [0, 0.1) is 11.8 Å². The van der Waals surface area contributed by atoms with E-state index < -0.39 is 0 Å². The van der Waals surface area contributed by atoms with Crippen LogP contribution in [0.4, 0.5) is 0 Å². The number of hydrogen-bond acceptors (Lipinski definition) is 1. The van der Waals surface area contributed by atoms with Crippen LogP contribution >= 0.6 is 0 Å². The number of hydrogen-bond donors (Lipinski definition) is 0. The maximum Gasteiger partial charge on any atom is 0.0437 e. The molecule has 0 aromatic heterocycles. The third kappa shape index (κ3) is 2.58. The van der Waals surface area contributed by atoms with Crippen molar-refractivity contribution in [2.24, 2.45) is 16.8 Å². The molecule has 0 amide bonds. The zero-order valence-electron chi connectivity index (χ0n) is 9.87. The van der Waals surface area contributed by atoms with E-state index in [9.17, 15) is 0 Å². The van der Waals surface area contributed by atoms with Crippen molar-refractivity contribution in [3.8, 4) is 0 Å². The molecule has 0 N–H and O–H groups in total. The molecule has 0 aromatic rings. The highest BCUT2D eigenvalue weighted by atomic mass is 14.7. The highest BCUT2D eigenvalue weighted by Crippen LogP contribution is 2.30. The van der Waals surface area contributed by atoms with E-state index in [1.165, 1.54) is 37.0 Å². The minimum absolute atomic E-state index is 0.670. The molecule has 1 aliphatic heterocycles. The molecule has 2 rings (SSSR count). The second-order valence-electron chi connectivity index (χ2n) is 4.88. The summed E-state index contributed by atoms with van der Waals surface area (Å²) in [5, 5.41) is 0. The van der Waals surface area contributed by atoms with Crippen molar-refractivity contribution >= 4 is 6.21 Å². The van der Waals surface area contributed by atoms with Crippen molar-refractivity contribution in [1.29, 1.82) is 0 Å². The van der Waals surface area contributed by atoms with E-state index >= 15 is 0 Å². The largest absolute Gasteiger partial charge is 0.265 e. The highest BCUT2D eigenvalue weighted by Gasteiger charge is 2.17. The second-order valence-corrected chi connectivity index (χ2v) is 4.88. The van der Waals surface area contributed by atoms with Crippen LogP contribution in [0.1, 0.15) is 46.0 Å². The van der Waals surface area contributed by atoms with Crippen molar-refractivity contribution in [2.75, 3.05) is 0 Å². The number of nitrogens with zero attached hydrogens (tertiary/aromatic N) is 1. The molecule has 2 atom stereocenters. The minimum atomic E-state index is 0.670. The van der Waals surface area contributed by atoms with Gasteiger partial charge in [0, 0.05) is 11.9 Å². The van der Waals surface area contributed by atoms with E-state index in [0.29, 0.717) is 11.8 Å². The number of rotatable bonds is 2. The van der Waals surface area contributed by atoms with E-state index in [2.05, 4.69) is 32.2 Å². The van der Waals surface area contributed by atoms with Gasteiger partial charge in [-0.05, 0) is 43.1 Å². The molecular weight excluding hydrogens is 182 g/mol. The molecule has 1 heterocycles. The zero-order chi connectivity index (χ0) is 10.7. The zero-order valence-corrected chi connectivity index (χ0v) is 9.87. The molecule has 0 bridgehead atoms. The van der Waals surface area contributed by atoms with Crippen LogP contribution in [-0.2, 0) is 0 Å². The monoisotopic (exact) mass is 203 g/mol. The first-order chi connectivity index (χ1) is 7.29. The third-order valence-corrected chi connectivity index (χ3v) is 3.40. The van der Waals surface area contributed by atoms with Gasteiger partial charge in [0.05, 0.1) is 0 Å². The SMILES string of the molecule is CCCC1C=NC2=C(C=CC(C)C2)CC1. The lowest BCUT2D eigenvalue weighted by atomic mass is 9.91. The van der Waals surface area contributed by atoms with Gasteiger partial charge in [0.15, 0.2) is 0 Å². The first kappa shape index (κ1) is 10.7. The van der Waals surface area contributed by atoms with Crippen LogP contribution in [0.3, 0.4) is 0 Å². The molecule has 0 aromatic carbocycles. The van der Waals surface area contributed by atoms with Crippen molar-refractivity contribution in [2.45, 2.75) is 46.0 Å². The summed E-state index contributed by atoms with van der Waals surface area (Å²) in [6.07, 6.45) is 13.1. The first-order valence-corrected chi connectivity index (χ1v) is 6.24. The van der Waals surface area contributed by atoms with Crippen molar-refractivity contribution in [3.05, 3.63) is 23.4 Å². The van der Waals surface area contributed by atoms with Gasteiger partial charge in [-0.3, -0.25) is 4.99 Å². The maximum atomic E-state index is 4.70. The third-order valence-electron chi connectivity index (χ3n) is 3.40. The summed E-state index contributed by atoms with van der Waals surface area (Å²) in [4.78, 5) is 4.70. The second kappa shape index (κ2) is 4.78. The van der Waals surface area contributed by atoms with Crippen LogP contribution in [0.2, 0.25) is 0 Å². The summed E-state index contributed by atoms with van der Waals surface area (Å²) in [5.41, 5.74) is 2.84. The Labute approximate surface area is 93.0 Å². The molecule has 1 nitrogen and oxygen atoms in total. The average molecular weight is 203 g/mol. The van der Waals surface area contributed by atoms with Crippen LogP contribution in [0.5, 0.6) is 0 Å². The molecule has 0 saturated heterocycles. The van der Waals surface area contributed by atoms with E-state index in [1.807, 2.05) is 0 Å². The Bertz CT molecular complexity index is 309. The summed E-state index contributed by atoms with van der Waals surface area (Å²) < 4.78 is 0. The summed E-state index contributed by atoms with van der Waals surface area (Å²) in [5.74, 6) is 1.38. The van der Waals surface area contributed by atoms with Gasteiger partial charge >= 0.3 is 0 Å². The van der Waals surface area contributed by atoms with Gasteiger partial charge < -0.3 is 0 Å². The lowest BCUT2D eigenvalue weighted by Gasteiger charge is -2.15. The lowest BCUT2D eigenvalue weighted by molar-refractivity contribution is 0.579. The Hall–Kier alpha value is -0.850. The smallest absolute Gasteiger partial charge is 0.0437 e. The van der Waals surface area contributed by atoms with E-state index in [0.717, 1.165) is 6.42 Å². The van der Waals surface area contributed by atoms with Crippen LogP contribution in [0.15, 0.2) is 28.4 Å². The summed E-state index contributed by atoms with van der Waals surface area (Å²) >= 11 is 0. The van der Waals surface area contributed by atoms with Crippen molar-refractivity contribution < 1.29 is 0 Å². The Morgan fingerprint density at radius 3 is 3.13 bits per heavy atom. The van der Waals surface area contributed by atoms with Crippen LogP contribution in [0.25, 0.3) is 0 Å². The van der Waals surface area contributed by atoms with Crippen molar-refractivity contribution in [3.63, 3.8) is 0 Å². The molecule has 2 aliphatic rings. The standard InChI is InChI=1S/C14H21N/c1-3-4-12-6-8-13-7-5-11(2)9-14(13)15-10-12/h5,7,10-12H,3-4,6,8-9H2,1-2H3. The van der Waals surface area contributed by atoms with Crippen LogP contribution in [-0.4, -0.2) is 6.21 Å². The van der Waals surface area contributed by atoms with Crippen LogP contribution < -0.4 is 0 Å².